The lowest BCUT2D eigenvalue weighted by Gasteiger charge is -1.99. The highest BCUT2D eigenvalue weighted by atomic mass is 15.1. The van der Waals surface area contributed by atoms with Gasteiger partial charge >= 0.3 is 0 Å². The van der Waals surface area contributed by atoms with Gasteiger partial charge in [-0.15, -0.1) is 0 Å². The molecule has 0 bridgehead atoms. The molecule has 0 aliphatic carbocycles. The van der Waals surface area contributed by atoms with Gasteiger partial charge in [0, 0.05) is 6.20 Å². The highest BCUT2D eigenvalue weighted by Gasteiger charge is 2.07. The van der Waals surface area contributed by atoms with Crippen molar-refractivity contribution in [3.63, 3.8) is 0 Å². The molecule has 0 unspecified atom stereocenters. The predicted octanol–water partition coefficient (Wildman–Crippen LogP) is 1.44. The number of fused-ring (bicyclic) bond motifs is 1. The van der Waals surface area contributed by atoms with E-state index in [-0.39, 0.29) is 0 Å². The van der Waals surface area contributed by atoms with Crippen molar-refractivity contribution < 1.29 is 0 Å². The summed E-state index contributed by atoms with van der Waals surface area (Å²) in [5.74, 6) is 0.736. The maximum absolute atomic E-state index is 5.95. The zero-order valence-corrected chi connectivity index (χ0v) is 8.49. The molecule has 0 aliphatic heterocycles. The van der Waals surface area contributed by atoms with Gasteiger partial charge in [-0.1, -0.05) is 13.8 Å². The fourth-order valence-electron chi connectivity index (χ4n) is 1.50. The van der Waals surface area contributed by atoms with Gasteiger partial charge in [-0.05, 0) is 12.8 Å². The topological polar surface area (TPSA) is 56.2 Å². The summed E-state index contributed by atoms with van der Waals surface area (Å²) in [4.78, 5) is 8.66. The third-order valence-electron chi connectivity index (χ3n) is 2.37. The molecule has 0 saturated carbocycles. The summed E-state index contributed by atoms with van der Waals surface area (Å²) in [6, 6.07) is 0. The Morgan fingerprint density at radius 2 is 2.14 bits per heavy atom. The molecule has 2 N–H and O–H groups in total. The molecule has 0 spiro atoms. The van der Waals surface area contributed by atoms with E-state index in [4.69, 9.17) is 5.73 Å². The lowest BCUT2D eigenvalue weighted by atomic mass is 10.3. The first-order valence-corrected chi connectivity index (χ1v) is 4.87. The van der Waals surface area contributed by atoms with Gasteiger partial charge in [0.2, 0.25) is 0 Å². The van der Waals surface area contributed by atoms with Crippen LogP contribution in [-0.4, -0.2) is 14.4 Å². The van der Waals surface area contributed by atoms with Crippen LogP contribution in [0.5, 0.6) is 0 Å². The number of nitrogens with zero attached hydrogens (tertiary/aromatic N) is 3. The van der Waals surface area contributed by atoms with Crippen LogP contribution < -0.4 is 5.73 Å². The lowest BCUT2D eigenvalue weighted by molar-refractivity contribution is 0.984. The standard InChI is InChI=1S/C10H14N4/c1-3-7-6-14-9(5-12-7)13-8(4-2)10(14)11/h5-6H,3-4,11H2,1-2H3. The van der Waals surface area contributed by atoms with Crippen LogP contribution in [0.4, 0.5) is 5.82 Å². The van der Waals surface area contributed by atoms with E-state index in [0.717, 1.165) is 35.7 Å². The van der Waals surface area contributed by atoms with Crippen LogP contribution in [0, 0.1) is 0 Å². The highest BCUT2D eigenvalue weighted by molar-refractivity contribution is 5.51. The van der Waals surface area contributed by atoms with Gasteiger partial charge in [-0.2, -0.15) is 0 Å². The Balaban J connectivity index is 2.68. The number of anilines is 1. The molecule has 0 aromatic carbocycles. The van der Waals surface area contributed by atoms with Crippen LogP contribution in [-0.2, 0) is 12.8 Å². The summed E-state index contributed by atoms with van der Waals surface area (Å²) in [5, 5.41) is 0. The van der Waals surface area contributed by atoms with Crippen LogP contribution in [0.2, 0.25) is 0 Å². The summed E-state index contributed by atoms with van der Waals surface area (Å²) >= 11 is 0. The molecular formula is C10H14N4. The number of aromatic nitrogens is 3. The van der Waals surface area contributed by atoms with Crippen molar-refractivity contribution in [3.05, 3.63) is 23.8 Å². The maximum Gasteiger partial charge on any atom is 0.157 e. The lowest BCUT2D eigenvalue weighted by Crippen LogP contribution is -1.98. The van der Waals surface area contributed by atoms with Crippen LogP contribution >= 0.6 is 0 Å². The summed E-state index contributed by atoms with van der Waals surface area (Å²) in [6.07, 6.45) is 5.50. The van der Waals surface area contributed by atoms with Crippen LogP contribution in [0.25, 0.3) is 5.65 Å². The number of hydrogen-bond donors (Lipinski definition) is 1. The van der Waals surface area contributed by atoms with Gasteiger partial charge in [0.15, 0.2) is 5.65 Å². The van der Waals surface area contributed by atoms with E-state index in [1.54, 1.807) is 6.20 Å². The molecular weight excluding hydrogens is 176 g/mol. The second kappa shape index (κ2) is 3.29. The zero-order valence-electron chi connectivity index (χ0n) is 8.49. The monoisotopic (exact) mass is 190 g/mol. The van der Waals surface area contributed by atoms with E-state index in [1.165, 1.54) is 0 Å². The fourth-order valence-corrected chi connectivity index (χ4v) is 1.50. The quantitative estimate of drug-likeness (QED) is 0.779. The van der Waals surface area contributed by atoms with E-state index >= 15 is 0 Å². The van der Waals surface area contributed by atoms with Gasteiger partial charge in [-0.3, -0.25) is 9.38 Å². The molecule has 2 aromatic rings. The highest BCUT2D eigenvalue weighted by Crippen LogP contribution is 2.15. The Kier molecular flexibility index (Phi) is 2.11. The molecule has 2 heterocycles. The van der Waals surface area contributed by atoms with Gasteiger partial charge in [0.25, 0.3) is 0 Å². The Labute approximate surface area is 82.8 Å². The first kappa shape index (κ1) is 8.99. The van der Waals surface area contributed by atoms with Crippen molar-refractivity contribution >= 4 is 11.5 Å². The van der Waals surface area contributed by atoms with E-state index in [9.17, 15) is 0 Å². The minimum Gasteiger partial charge on any atom is -0.383 e. The van der Waals surface area contributed by atoms with Gasteiger partial charge in [0.05, 0.1) is 17.6 Å². The van der Waals surface area contributed by atoms with Crippen LogP contribution in [0.15, 0.2) is 12.4 Å². The smallest absolute Gasteiger partial charge is 0.157 e. The van der Waals surface area contributed by atoms with Crippen molar-refractivity contribution in [2.24, 2.45) is 0 Å². The molecule has 14 heavy (non-hydrogen) atoms. The van der Waals surface area contributed by atoms with Crippen molar-refractivity contribution in [1.29, 1.82) is 0 Å². The van der Waals surface area contributed by atoms with E-state index in [1.807, 2.05) is 17.5 Å². The van der Waals surface area contributed by atoms with E-state index in [2.05, 4.69) is 16.9 Å². The van der Waals surface area contributed by atoms with Gasteiger partial charge in [0.1, 0.15) is 5.82 Å². The second-order valence-corrected chi connectivity index (χ2v) is 3.26. The van der Waals surface area contributed by atoms with Crippen molar-refractivity contribution in [1.82, 2.24) is 14.4 Å². The average Bonchev–Trinajstić information content (AvgIpc) is 2.55. The predicted molar refractivity (Wildman–Crippen MR) is 56.2 cm³/mol. The number of aryl methyl sites for hydroxylation is 2. The molecule has 4 nitrogen and oxygen atoms in total. The van der Waals surface area contributed by atoms with E-state index in [0.29, 0.717) is 0 Å². The molecule has 0 aliphatic rings. The molecule has 0 fully saturated rings. The zero-order chi connectivity index (χ0) is 10.1. The van der Waals surface area contributed by atoms with Crippen LogP contribution in [0.3, 0.4) is 0 Å². The molecule has 0 atom stereocenters. The largest absolute Gasteiger partial charge is 0.383 e. The minimum atomic E-state index is 0.736. The maximum atomic E-state index is 5.95. The van der Waals surface area contributed by atoms with Crippen molar-refractivity contribution in [3.8, 4) is 0 Å². The van der Waals surface area contributed by atoms with Crippen molar-refractivity contribution in [2.45, 2.75) is 26.7 Å². The summed E-state index contributed by atoms with van der Waals surface area (Å²) in [5.41, 5.74) is 8.75. The Hall–Kier alpha value is -1.58. The first-order chi connectivity index (χ1) is 6.76. The molecule has 74 valence electrons. The van der Waals surface area contributed by atoms with Gasteiger partial charge in [-0.25, -0.2) is 4.98 Å². The van der Waals surface area contributed by atoms with Gasteiger partial charge < -0.3 is 5.73 Å². The SMILES string of the molecule is CCc1cn2c(N)c(CC)nc2cn1. The summed E-state index contributed by atoms with van der Waals surface area (Å²) in [7, 11) is 0. The summed E-state index contributed by atoms with van der Waals surface area (Å²) in [6.45, 7) is 4.12. The molecule has 4 heteroatoms. The van der Waals surface area contributed by atoms with Crippen molar-refractivity contribution in [2.75, 3.05) is 5.73 Å². The normalized spacial score (nSPS) is 11.0. The second-order valence-electron chi connectivity index (χ2n) is 3.26. The number of hydrogen-bond acceptors (Lipinski definition) is 3. The third-order valence-corrected chi connectivity index (χ3v) is 2.37. The minimum absolute atomic E-state index is 0.736. The van der Waals surface area contributed by atoms with E-state index < -0.39 is 0 Å². The molecule has 0 saturated heterocycles. The molecule has 2 aromatic heterocycles. The number of rotatable bonds is 2. The Morgan fingerprint density at radius 3 is 2.79 bits per heavy atom. The number of nitrogens with two attached hydrogens (primary N) is 1. The van der Waals surface area contributed by atoms with Crippen LogP contribution in [0.1, 0.15) is 25.2 Å². The Bertz CT molecular complexity index is 458. The fraction of sp³-hybridized carbons (Fsp3) is 0.400. The summed E-state index contributed by atoms with van der Waals surface area (Å²) < 4.78 is 1.91. The molecule has 0 radical (unpaired) electrons. The molecule has 0 amide bonds. The first-order valence-electron chi connectivity index (χ1n) is 4.87. The number of imidazole rings is 1. The average molecular weight is 190 g/mol. The number of nitrogen functional groups attached to an aromatic ring is 1. The third kappa shape index (κ3) is 1.23. The Morgan fingerprint density at radius 1 is 1.36 bits per heavy atom. The molecule has 2 rings (SSSR count).